The van der Waals surface area contributed by atoms with E-state index in [9.17, 15) is 5.11 Å². The molecule has 0 aromatic rings. The van der Waals surface area contributed by atoms with Crippen LogP contribution in [-0.4, -0.2) is 61.0 Å². The lowest BCUT2D eigenvalue weighted by atomic mass is 10.1. The standard InChI is InChI=1S/C12H25N3O2S.HI/c1-4-13-11(15-10(2)7-17-3)14-8-12(16)5-6-18-9-12;/h10,16H,4-9H2,1-3H3,(H2,13,14,15);1H. The first-order valence-corrected chi connectivity index (χ1v) is 7.59. The van der Waals surface area contributed by atoms with Crippen molar-refractivity contribution in [1.82, 2.24) is 10.6 Å². The molecule has 0 aromatic heterocycles. The Bertz CT molecular complexity index is 274. The zero-order valence-corrected chi connectivity index (χ0v) is 15.1. The van der Waals surface area contributed by atoms with Crippen LogP contribution >= 0.6 is 35.7 Å². The van der Waals surface area contributed by atoms with Gasteiger partial charge in [0.15, 0.2) is 5.96 Å². The molecule has 1 aliphatic heterocycles. The van der Waals surface area contributed by atoms with Gasteiger partial charge in [-0.2, -0.15) is 11.8 Å². The van der Waals surface area contributed by atoms with E-state index in [1.54, 1.807) is 18.9 Å². The number of ether oxygens (including phenoxy) is 1. The number of thioether (sulfide) groups is 1. The van der Waals surface area contributed by atoms with E-state index in [1.165, 1.54) is 0 Å². The number of nitrogens with zero attached hydrogens (tertiary/aromatic N) is 1. The summed E-state index contributed by atoms with van der Waals surface area (Å²) in [5.41, 5.74) is -0.627. The zero-order valence-electron chi connectivity index (χ0n) is 11.9. The van der Waals surface area contributed by atoms with Crippen LogP contribution < -0.4 is 10.6 Å². The number of halogens is 1. The lowest BCUT2D eigenvalue weighted by Crippen LogP contribution is -2.45. The number of nitrogens with one attached hydrogen (secondary N) is 2. The second kappa shape index (κ2) is 10.1. The summed E-state index contributed by atoms with van der Waals surface area (Å²) in [7, 11) is 1.68. The third kappa shape index (κ3) is 7.57. The number of guanidine groups is 1. The number of hydrogen-bond acceptors (Lipinski definition) is 4. The van der Waals surface area contributed by atoms with Gasteiger partial charge in [-0.05, 0) is 26.0 Å². The topological polar surface area (TPSA) is 65.9 Å². The highest BCUT2D eigenvalue weighted by Gasteiger charge is 2.31. The first kappa shape index (κ1) is 19.3. The van der Waals surface area contributed by atoms with Gasteiger partial charge >= 0.3 is 0 Å². The van der Waals surface area contributed by atoms with Gasteiger partial charge < -0.3 is 20.5 Å². The Balaban J connectivity index is 0.00000324. The Labute approximate surface area is 137 Å². The molecule has 0 aromatic carbocycles. The molecule has 1 heterocycles. The molecule has 1 saturated heterocycles. The van der Waals surface area contributed by atoms with Crippen LogP contribution in [0.25, 0.3) is 0 Å². The molecule has 19 heavy (non-hydrogen) atoms. The van der Waals surface area contributed by atoms with Gasteiger partial charge in [0.2, 0.25) is 0 Å². The van der Waals surface area contributed by atoms with Crippen molar-refractivity contribution in [3.05, 3.63) is 0 Å². The Morgan fingerprint density at radius 1 is 1.58 bits per heavy atom. The smallest absolute Gasteiger partial charge is 0.191 e. The highest BCUT2D eigenvalue weighted by Crippen LogP contribution is 2.27. The van der Waals surface area contributed by atoms with E-state index in [0.717, 1.165) is 30.4 Å². The van der Waals surface area contributed by atoms with Crippen molar-refractivity contribution >= 4 is 41.7 Å². The third-order valence-electron chi connectivity index (χ3n) is 2.76. The summed E-state index contributed by atoms with van der Waals surface area (Å²) in [4.78, 5) is 4.46. The van der Waals surface area contributed by atoms with Gasteiger partial charge in [0, 0.05) is 25.4 Å². The maximum Gasteiger partial charge on any atom is 0.191 e. The first-order chi connectivity index (χ1) is 8.59. The fourth-order valence-corrected chi connectivity index (χ4v) is 3.08. The monoisotopic (exact) mass is 403 g/mol. The highest BCUT2D eigenvalue weighted by atomic mass is 127. The molecule has 3 N–H and O–H groups in total. The molecular weight excluding hydrogens is 377 g/mol. The van der Waals surface area contributed by atoms with Crippen LogP contribution in [0.15, 0.2) is 4.99 Å². The molecule has 114 valence electrons. The van der Waals surface area contributed by atoms with E-state index >= 15 is 0 Å². The van der Waals surface area contributed by atoms with Crippen LogP contribution in [-0.2, 0) is 4.74 Å². The Morgan fingerprint density at radius 2 is 2.32 bits per heavy atom. The molecule has 2 atom stereocenters. The Hall–Kier alpha value is 0.270. The molecule has 0 saturated carbocycles. The predicted molar refractivity (Wildman–Crippen MR) is 92.8 cm³/mol. The van der Waals surface area contributed by atoms with Crippen LogP contribution in [0.4, 0.5) is 0 Å². The fourth-order valence-electron chi connectivity index (χ4n) is 1.79. The molecule has 0 aliphatic carbocycles. The van der Waals surface area contributed by atoms with Gasteiger partial charge in [0.25, 0.3) is 0 Å². The van der Waals surface area contributed by atoms with Crippen LogP contribution in [0, 0.1) is 0 Å². The summed E-state index contributed by atoms with van der Waals surface area (Å²) in [6, 6.07) is 0.195. The van der Waals surface area contributed by atoms with Crippen LogP contribution in [0.1, 0.15) is 20.3 Å². The molecule has 0 bridgehead atoms. The van der Waals surface area contributed by atoms with Crippen molar-refractivity contribution in [3.63, 3.8) is 0 Å². The van der Waals surface area contributed by atoms with Gasteiger partial charge in [0.1, 0.15) is 0 Å². The van der Waals surface area contributed by atoms with Crippen LogP contribution in [0.2, 0.25) is 0 Å². The number of hydrogen-bond donors (Lipinski definition) is 3. The lowest BCUT2D eigenvalue weighted by molar-refractivity contribution is 0.0778. The van der Waals surface area contributed by atoms with Gasteiger partial charge in [-0.1, -0.05) is 0 Å². The van der Waals surface area contributed by atoms with Crippen LogP contribution in [0.3, 0.4) is 0 Å². The third-order valence-corrected chi connectivity index (χ3v) is 3.99. The summed E-state index contributed by atoms with van der Waals surface area (Å²) < 4.78 is 5.08. The summed E-state index contributed by atoms with van der Waals surface area (Å²) in [6.07, 6.45) is 0.828. The molecule has 0 radical (unpaired) electrons. The average molecular weight is 403 g/mol. The van der Waals surface area contributed by atoms with Crippen molar-refractivity contribution in [2.75, 3.05) is 38.3 Å². The molecular formula is C12H26IN3O2S. The molecule has 0 amide bonds. The second-order valence-electron chi connectivity index (χ2n) is 4.72. The van der Waals surface area contributed by atoms with Gasteiger partial charge in [0.05, 0.1) is 18.8 Å². The fraction of sp³-hybridized carbons (Fsp3) is 0.917. The van der Waals surface area contributed by atoms with Crippen molar-refractivity contribution in [2.45, 2.75) is 31.9 Å². The molecule has 5 nitrogen and oxygen atoms in total. The molecule has 1 fully saturated rings. The number of aliphatic imine (C=N–C) groups is 1. The van der Waals surface area contributed by atoms with Crippen molar-refractivity contribution in [1.29, 1.82) is 0 Å². The van der Waals surface area contributed by atoms with Gasteiger partial charge in [-0.25, -0.2) is 0 Å². The second-order valence-corrected chi connectivity index (χ2v) is 5.83. The molecule has 0 spiro atoms. The Morgan fingerprint density at radius 3 is 2.84 bits per heavy atom. The van der Waals surface area contributed by atoms with E-state index in [1.807, 2.05) is 13.8 Å². The van der Waals surface area contributed by atoms with E-state index in [2.05, 4.69) is 15.6 Å². The highest BCUT2D eigenvalue weighted by molar-refractivity contribution is 14.0. The molecule has 1 aliphatic rings. The minimum Gasteiger partial charge on any atom is -0.387 e. The number of aliphatic hydroxyl groups is 1. The summed E-state index contributed by atoms with van der Waals surface area (Å²) in [5.74, 6) is 2.55. The lowest BCUT2D eigenvalue weighted by Gasteiger charge is -2.21. The predicted octanol–water partition coefficient (Wildman–Crippen LogP) is 1.06. The quantitative estimate of drug-likeness (QED) is 0.352. The van der Waals surface area contributed by atoms with Gasteiger partial charge in [-0.15, -0.1) is 24.0 Å². The minimum absolute atomic E-state index is 0. The zero-order chi connectivity index (χ0) is 13.4. The van der Waals surface area contributed by atoms with Crippen molar-refractivity contribution in [2.24, 2.45) is 4.99 Å². The van der Waals surface area contributed by atoms with Crippen molar-refractivity contribution < 1.29 is 9.84 Å². The van der Waals surface area contributed by atoms with Gasteiger partial charge in [-0.3, -0.25) is 4.99 Å². The Kier molecular flexibility index (Phi) is 10.2. The SMILES string of the molecule is CCNC(=NCC1(O)CCSC1)NC(C)COC.I. The summed E-state index contributed by atoms with van der Waals surface area (Å²) in [6.45, 7) is 5.95. The summed E-state index contributed by atoms with van der Waals surface area (Å²) in [5, 5.41) is 16.7. The average Bonchev–Trinajstić information content (AvgIpc) is 2.74. The molecule has 7 heteroatoms. The maximum atomic E-state index is 10.2. The van der Waals surface area contributed by atoms with E-state index in [4.69, 9.17) is 4.74 Å². The molecule has 2 unspecified atom stereocenters. The minimum atomic E-state index is -0.627. The first-order valence-electron chi connectivity index (χ1n) is 6.43. The van der Waals surface area contributed by atoms with Crippen molar-refractivity contribution in [3.8, 4) is 0 Å². The van der Waals surface area contributed by atoms with E-state index in [0.29, 0.717) is 13.2 Å². The molecule has 1 rings (SSSR count). The maximum absolute atomic E-state index is 10.2. The van der Waals surface area contributed by atoms with E-state index < -0.39 is 5.60 Å². The van der Waals surface area contributed by atoms with E-state index in [-0.39, 0.29) is 30.0 Å². The summed E-state index contributed by atoms with van der Waals surface area (Å²) >= 11 is 1.79. The number of rotatable bonds is 6. The van der Waals surface area contributed by atoms with Crippen LogP contribution in [0.5, 0.6) is 0 Å². The normalized spacial score (nSPS) is 24.7. The number of methoxy groups -OCH3 is 1. The largest absolute Gasteiger partial charge is 0.387 e.